The van der Waals surface area contributed by atoms with Gasteiger partial charge in [0.2, 0.25) is 24.4 Å². The van der Waals surface area contributed by atoms with Crippen molar-refractivity contribution in [2.75, 3.05) is 19.8 Å². The summed E-state index contributed by atoms with van der Waals surface area (Å²) in [7, 11) is 0. The molecule has 2 atom stereocenters. The predicted octanol–water partition coefficient (Wildman–Crippen LogP) is 1.62. The second kappa shape index (κ2) is 19.4. The maximum absolute atomic E-state index is 13.1. The Morgan fingerprint density at radius 1 is 0.648 bits per heavy atom. The molecule has 0 spiro atoms. The van der Waals surface area contributed by atoms with E-state index in [0.29, 0.717) is 11.1 Å². The summed E-state index contributed by atoms with van der Waals surface area (Å²) in [5.74, 6) is -3.05. The highest BCUT2D eigenvalue weighted by Gasteiger charge is 2.28. The van der Waals surface area contributed by atoms with Gasteiger partial charge in [0.25, 0.3) is 11.4 Å². The van der Waals surface area contributed by atoms with Crippen LogP contribution in [0.3, 0.4) is 0 Å². The van der Waals surface area contributed by atoms with Gasteiger partial charge in [-0.25, -0.2) is 14.4 Å². The molecular formula is C34H45N8O12+. The maximum Gasteiger partial charge on any atom is 0.408 e. The van der Waals surface area contributed by atoms with E-state index in [9.17, 15) is 49.0 Å². The molecule has 5 N–H and O–H groups in total. The van der Waals surface area contributed by atoms with E-state index < -0.39 is 88.7 Å². The first kappa shape index (κ1) is 43.7. The molecule has 20 nitrogen and oxygen atoms in total. The van der Waals surface area contributed by atoms with Gasteiger partial charge in [-0.1, -0.05) is 24.3 Å². The summed E-state index contributed by atoms with van der Waals surface area (Å²) in [5, 5.41) is 34.0. The van der Waals surface area contributed by atoms with E-state index in [-0.39, 0.29) is 24.2 Å². The number of nitro groups is 2. The summed E-state index contributed by atoms with van der Waals surface area (Å²) in [4.78, 5) is 97.0. The Morgan fingerprint density at radius 2 is 1.02 bits per heavy atom. The minimum Gasteiger partial charge on any atom is -0.444 e. The average molecular weight is 758 g/mol. The van der Waals surface area contributed by atoms with Crippen molar-refractivity contribution in [2.24, 2.45) is 0 Å². The molecule has 292 valence electrons. The number of nitrogens with zero attached hydrogens (tertiary/aromatic N) is 3. The zero-order valence-electron chi connectivity index (χ0n) is 30.8. The second-order valence-electron chi connectivity index (χ2n) is 13.8. The summed E-state index contributed by atoms with van der Waals surface area (Å²) in [6.45, 7) is 11.7. The van der Waals surface area contributed by atoms with Crippen LogP contribution in [0.2, 0.25) is 0 Å². The molecule has 0 saturated carbocycles. The highest BCUT2D eigenvalue weighted by Crippen LogP contribution is 2.16. The number of alkyl carbamates (subject to hydrolysis) is 2. The van der Waals surface area contributed by atoms with Gasteiger partial charge in [-0.3, -0.25) is 39.9 Å². The fourth-order valence-electron chi connectivity index (χ4n) is 4.32. The lowest BCUT2D eigenvalue weighted by atomic mass is 10.0. The van der Waals surface area contributed by atoms with Crippen LogP contribution >= 0.6 is 0 Å². The fraction of sp³-hybridized carbons (Fsp3) is 0.441. The minimum atomic E-state index is -1.25. The lowest BCUT2D eigenvalue weighted by Gasteiger charge is -2.23. The van der Waals surface area contributed by atoms with Gasteiger partial charge >= 0.3 is 18.1 Å². The number of hydrogen-bond donors (Lipinski definition) is 5. The van der Waals surface area contributed by atoms with Crippen LogP contribution in [0, 0.1) is 20.2 Å². The van der Waals surface area contributed by atoms with Crippen LogP contribution in [0.25, 0.3) is 0 Å². The summed E-state index contributed by atoms with van der Waals surface area (Å²) in [6.07, 6.45) is -2.03. The monoisotopic (exact) mass is 757 g/mol. The van der Waals surface area contributed by atoms with Gasteiger partial charge in [0.1, 0.15) is 36.5 Å². The van der Waals surface area contributed by atoms with Crippen molar-refractivity contribution in [3.8, 4) is 0 Å². The van der Waals surface area contributed by atoms with Crippen LogP contribution in [-0.4, -0.2) is 100.0 Å². The van der Waals surface area contributed by atoms with Gasteiger partial charge in [0, 0.05) is 37.1 Å². The lowest BCUT2D eigenvalue weighted by molar-refractivity contribution is -0.443. The number of nitro benzene ring substituents is 2. The molecule has 0 heterocycles. The zero-order valence-corrected chi connectivity index (χ0v) is 30.8. The van der Waals surface area contributed by atoms with Gasteiger partial charge in [0.05, 0.1) is 16.4 Å². The molecule has 0 aromatic heterocycles. The van der Waals surface area contributed by atoms with Crippen molar-refractivity contribution in [2.45, 2.75) is 77.7 Å². The van der Waals surface area contributed by atoms with Crippen molar-refractivity contribution in [3.05, 3.63) is 79.9 Å². The number of amides is 6. The number of hydrogen-bond acceptors (Lipinski definition) is 12. The Balaban J connectivity index is 1.96. The molecule has 0 fully saturated rings. The highest BCUT2D eigenvalue weighted by atomic mass is 16.6. The van der Waals surface area contributed by atoms with Gasteiger partial charge in [-0.2, -0.15) is 4.58 Å². The van der Waals surface area contributed by atoms with Crippen molar-refractivity contribution in [3.63, 3.8) is 0 Å². The lowest BCUT2D eigenvalue weighted by Crippen LogP contribution is -2.52. The van der Waals surface area contributed by atoms with Crippen molar-refractivity contribution < 1.29 is 52.7 Å². The fourth-order valence-corrected chi connectivity index (χ4v) is 4.32. The molecule has 0 radical (unpaired) electrons. The third kappa shape index (κ3) is 16.3. The number of ether oxygens (including phenoxy) is 2. The van der Waals surface area contributed by atoms with Gasteiger partial charge in [-0.05, 0) is 52.7 Å². The molecule has 0 aliphatic heterocycles. The largest absolute Gasteiger partial charge is 0.444 e. The van der Waals surface area contributed by atoms with Crippen LogP contribution in [-0.2, 0) is 41.5 Å². The van der Waals surface area contributed by atoms with Crippen LogP contribution in [0.15, 0.2) is 48.5 Å². The molecule has 20 heteroatoms. The van der Waals surface area contributed by atoms with Crippen molar-refractivity contribution in [1.29, 1.82) is 0 Å². The molecular weight excluding hydrogens is 712 g/mol. The first-order valence-electron chi connectivity index (χ1n) is 16.4. The molecule has 0 aliphatic rings. The van der Waals surface area contributed by atoms with Gasteiger partial charge in [0.15, 0.2) is 0 Å². The van der Waals surface area contributed by atoms with Crippen molar-refractivity contribution >= 4 is 53.9 Å². The van der Waals surface area contributed by atoms with Crippen molar-refractivity contribution in [1.82, 2.24) is 26.6 Å². The number of non-ortho nitro benzene ring substituents is 2. The van der Waals surface area contributed by atoms with Gasteiger partial charge < -0.3 is 30.7 Å². The molecule has 0 bridgehead atoms. The number of nitrogens with one attached hydrogen (secondary N) is 5. The van der Waals surface area contributed by atoms with Crippen LogP contribution in [0.5, 0.6) is 0 Å². The number of rotatable bonds is 16. The molecule has 2 aromatic rings. The second-order valence-corrected chi connectivity index (χ2v) is 13.8. The predicted molar refractivity (Wildman–Crippen MR) is 191 cm³/mol. The minimum absolute atomic E-state index is 0.0976. The standard InChI is InChI=1S/C34H44N8O12/c1-33(2,3)53-31(47)38-25(16-21-8-12-23(13-9-21)41(49)50)29(45)35-18-27(43)37-20-40(7)28(44)19-36-30(46)26(39-32(48)54-34(4,5)6)17-22-10-14-24(15-11-22)42(51)52/h8-15,25-26H,7,16-20H2,1-6H3,(H4-,35,36,37,38,39,43,45,46,47,48)/p+1/t25-,26-/m1/s1. The molecule has 0 unspecified atom stereocenters. The molecule has 0 saturated heterocycles. The zero-order chi connectivity index (χ0) is 40.8. The first-order chi connectivity index (χ1) is 25.0. The summed E-state index contributed by atoms with van der Waals surface area (Å²) in [5.41, 5.74) is -1.17. The summed E-state index contributed by atoms with van der Waals surface area (Å²) in [6, 6.07) is 8.14. The molecule has 6 amide bonds. The Kier molecular flexibility index (Phi) is 15.7. The van der Waals surface area contributed by atoms with E-state index in [2.05, 4.69) is 33.3 Å². The maximum atomic E-state index is 13.1. The highest BCUT2D eigenvalue weighted by molar-refractivity contribution is 5.90. The number of carbonyl (C=O) groups excluding carboxylic acids is 6. The number of benzene rings is 2. The van der Waals surface area contributed by atoms with Crippen LogP contribution < -0.4 is 26.6 Å². The third-order valence-electron chi connectivity index (χ3n) is 6.85. The number of carbonyl (C=O) groups is 6. The molecule has 2 aromatic carbocycles. The Hall–Kier alpha value is -6.47. The average Bonchev–Trinajstić information content (AvgIpc) is 3.06. The molecule has 0 aliphatic carbocycles. The SMILES string of the molecule is C=[N+](CNC(=O)CNC(=O)[C@@H](Cc1ccc([N+](=O)[O-])cc1)NC(=O)OC(C)(C)C)C(=O)CNC(=O)[C@@H](Cc1ccc([N+](=O)[O-])cc1)NC(=O)OC(C)(C)C. The van der Waals surface area contributed by atoms with E-state index in [1.54, 1.807) is 41.5 Å². The van der Waals surface area contributed by atoms with E-state index in [1.165, 1.54) is 48.5 Å². The first-order valence-corrected chi connectivity index (χ1v) is 16.4. The third-order valence-corrected chi connectivity index (χ3v) is 6.85. The Bertz CT molecular complexity index is 1730. The normalized spacial score (nSPS) is 12.2. The van der Waals surface area contributed by atoms with Gasteiger partial charge in [-0.15, -0.1) is 0 Å². The van der Waals surface area contributed by atoms with E-state index in [4.69, 9.17) is 9.47 Å². The van der Waals surface area contributed by atoms with E-state index in [0.717, 1.165) is 4.58 Å². The Labute approximate surface area is 310 Å². The summed E-state index contributed by atoms with van der Waals surface area (Å²) < 4.78 is 11.3. The topological polar surface area (TPSA) is 270 Å². The van der Waals surface area contributed by atoms with E-state index in [1.807, 2.05) is 0 Å². The summed E-state index contributed by atoms with van der Waals surface area (Å²) >= 11 is 0. The molecule has 54 heavy (non-hydrogen) atoms. The Morgan fingerprint density at radius 3 is 1.37 bits per heavy atom. The van der Waals surface area contributed by atoms with Crippen LogP contribution in [0.1, 0.15) is 52.7 Å². The smallest absolute Gasteiger partial charge is 0.408 e. The molecule has 2 rings (SSSR count). The quantitative estimate of drug-likeness (QED) is 0.0538. The van der Waals surface area contributed by atoms with E-state index >= 15 is 0 Å². The van der Waals surface area contributed by atoms with Crippen LogP contribution in [0.4, 0.5) is 21.0 Å².